The molecule has 38 heavy (non-hydrogen) atoms. The Morgan fingerprint density at radius 2 is 1.66 bits per heavy atom. The van der Waals surface area contributed by atoms with E-state index in [1.807, 2.05) is 60.0 Å². The number of rotatable bonds is 8. The number of ether oxygens (including phenoxy) is 1. The zero-order valence-corrected chi connectivity index (χ0v) is 23.9. The summed E-state index contributed by atoms with van der Waals surface area (Å²) in [4.78, 5) is 30.5. The molecule has 0 spiro atoms. The predicted octanol–water partition coefficient (Wildman–Crippen LogP) is 5.60. The molecule has 2 saturated heterocycles. The zero-order chi connectivity index (χ0) is 27.3. The van der Waals surface area contributed by atoms with Crippen LogP contribution in [0.1, 0.15) is 55.2 Å². The van der Waals surface area contributed by atoms with Gasteiger partial charge in [-0.25, -0.2) is 0 Å². The van der Waals surface area contributed by atoms with Crippen LogP contribution in [0.3, 0.4) is 0 Å². The van der Waals surface area contributed by atoms with Crippen LogP contribution in [0.5, 0.6) is 5.75 Å². The molecule has 0 aromatic heterocycles. The fourth-order valence-electron chi connectivity index (χ4n) is 5.57. The van der Waals surface area contributed by atoms with Crippen molar-refractivity contribution in [3.05, 3.63) is 63.1 Å². The number of benzene rings is 2. The van der Waals surface area contributed by atoms with Gasteiger partial charge in [0.05, 0.1) is 12.7 Å². The van der Waals surface area contributed by atoms with Crippen molar-refractivity contribution in [3.63, 3.8) is 0 Å². The predicted molar refractivity (Wildman–Crippen MR) is 151 cm³/mol. The standard InChI is InChI=1S/C30H38Cl2N2O4/c1-21-16-26(17-22(2)29(21)32)38-20-30(18-28(37)33-14-10-25(35)11-15-33)12-3-13-34(19-30)27(36)9-6-23-4-7-24(31)8-5-23/h4-5,7-8,16-17,25,35H,3,6,9-15,18-20H2,1-2H3. The average Bonchev–Trinajstić information content (AvgIpc) is 2.90. The normalized spacial score (nSPS) is 20.4. The van der Waals surface area contributed by atoms with Crippen LogP contribution in [0, 0.1) is 19.3 Å². The first-order chi connectivity index (χ1) is 18.1. The van der Waals surface area contributed by atoms with Gasteiger partial charge in [0, 0.05) is 54.5 Å². The van der Waals surface area contributed by atoms with Crippen molar-refractivity contribution in [1.29, 1.82) is 0 Å². The minimum Gasteiger partial charge on any atom is -0.493 e. The maximum atomic E-state index is 13.4. The molecule has 2 aliphatic heterocycles. The Morgan fingerprint density at radius 1 is 1.00 bits per heavy atom. The summed E-state index contributed by atoms with van der Waals surface area (Å²) in [5, 5.41) is 11.3. The lowest BCUT2D eigenvalue weighted by Crippen LogP contribution is -2.51. The van der Waals surface area contributed by atoms with Crippen LogP contribution in [-0.4, -0.2) is 65.6 Å². The molecule has 206 valence electrons. The molecule has 0 radical (unpaired) electrons. The van der Waals surface area contributed by atoms with E-state index in [2.05, 4.69) is 0 Å². The lowest BCUT2D eigenvalue weighted by molar-refractivity contribution is -0.142. The largest absolute Gasteiger partial charge is 0.493 e. The molecule has 2 aliphatic rings. The molecular formula is C30H38Cl2N2O4. The zero-order valence-electron chi connectivity index (χ0n) is 22.3. The van der Waals surface area contributed by atoms with E-state index in [1.54, 1.807) is 0 Å². The van der Waals surface area contributed by atoms with E-state index < -0.39 is 5.41 Å². The second kappa shape index (κ2) is 12.7. The smallest absolute Gasteiger partial charge is 0.223 e. The fraction of sp³-hybridized carbons (Fsp3) is 0.533. The highest BCUT2D eigenvalue weighted by atomic mass is 35.5. The molecule has 0 saturated carbocycles. The molecule has 6 nitrogen and oxygen atoms in total. The number of aliphatic hydroxyl groups excluding tert-OH is 1. The number of hydrogen-bond donors (Lipinski definition) is 1. The Hall–Kier alpha value is -2.28. The van der Waals surface area contributed by atoms with Crippen LogP contribution in [0.15, 0.2) is 36.4 Å². The van der Waals surface area contributed by atoms with Gasteiger partial charge in [0.25, 0.3) is 0 Å². The summed E-state index contributed by atoms with van der Waals surface area (Å²) in [5.74, 6) is 0.888. The summed E-state index contributed by atoms with van der Waals surface area (Å²) in [6.07, 6.45) is 3.87. The van der Waals surface area contributed by atoms with Crippen LogP contribution in [0.25, 0.3) is 0 Å². The molecule has 2 fully saturated rings. The average molecular weight is 562 g/mol. The quantitative estimate of drug-likeness (QED) is 0.456. The molecular weight excluding hydrogens is 523 g/mol. The number of carbonyl (C=O) groups excluding carboxylic acids is 2. The molecule has 0 aliphatic carbocycles. The Balaban J connectivity index is 1.47. The number of likely N-dealkylation sites (tertiary alicyclic amines) is 2. The van der Waals surface area contributed by atoms with Gasteiger partial charge in [0.1, 0.15) is 5.75 Å². The van der Waals surface area contributed by atoms with Crippen LogP contribution in [-0.2, 0) is 16.0 Å². The third-order valence-corrected chi connectivity index (χ3v) is 8.70. The fourth-order valence-corrected chi connectivity index (χ4v) is 5.80. The molecule has 1 unspecified atom stereocenters. The molecule has 4 rings (SSSR count). The third-order valence-electron chi connectivity index (χ3n) is 7.85. The molecule has 2 aromatic carbocycles. The van der Waals surface area contributed by atoms with E-state index in [-0.39, 0.29) is 17.9 Å². The van der Waals surface area contributed by atoms with Gasteiger partial charge in [-0.15, -0.1) is 0 Å². The number of halogens is 2. The van der Waals surface area contributed by atoms with Crippen molar-refractivity contribution in [3.8, 4) is 5.75 Å². The number of carbonyl (C=O) groups is 2. The SMILES string of the molecule is Cc1cc(OCC2(CC(=O)N3CCC(O)CC3)CCCN(C(=O)CCc3ccc(Cl)cc3)C2)cc(C)c1Cl. The molecule has 8 heteroatoms. The Bertz CT molecular complexity index is 1110. The summed E-state index contributed by atoms with van der Waals surface area (Å²) in [6, 6.07) is 11.4. The number of aliphatic hydroxyl groups is 1. The number of amides is 2. The van der Waals surface area contributed by atoms with Crippen LogP contribution < -0.4 is 4.74 Å². The topological polar surface area (TPSA) is 70.1 Å². The van der Waals surface area contributed by atoms with Gasteiger partial charge in [-0.3, -0.25) is 9.59 Å². The lowest BCUT2D eigenvalue weighted by Gasteiger charge is -2.43. The van der Waals surface area contributed by atoms with Gasteiger partial charge in [-0.05, 0) is 86.9 Å². The highest BCUT2D eigenvalue weighted by Crippen LogP contribution is 2.37. The van der Waals surface area contributed by atoms with E-state index >= 15 is 0 Å². The monoisotopic (exact) mass is 560 g/mol. The van der Waals surface area contributed by atoms with E-state index in [0.29, 0.717) is 69.9 Å². The van der Waals surface area contributed by atoms with Gasteiger partial charge >= 0.3 is 0 Å². The first kappa shape index (κ1) is 28.7. The van der Waals surface area contributed by atoms with Gasteiger partial charge in [-0.2, -0.15) is 0 Å². The molecule has 2 aromatic rings. The van der Waals surface area contributed by atoms with E-state index in [9.17, 15) is 14.7 Å². The van der Waals surface area contributed by atoms with Crippen LogP contribution in [0.4, 0.5) is 0 Å². The van der Waals surface area contributed by atoms with Crippen molar-refractivity contribution in [2.45, 2.75) is 64.9 Å². The van der Waals surface area contributed by atoms with Gasteiger partial charge < -0.3 is 19.6 Å². The molecule has 0 bridgehead atoms. The second-order valence-corrected chi connectivity index (χ2v) is 11.8. The summed E-state index contributed by atoms with van der Waals surface area (Å²) in [6.45, 7) is 6.55. The summed E-state index contributed by atoms with van der Waals surface area (Å²) in [7, 11) is 0. The van der Waals surface area contributed by atoms with Gasteiger partial charge in [-0.1, -0.05) is 35.3 Å². The molecule has 1 N–H and O–H groups in total. The van der Waals surface area contributed by atoms with Gasteiger partial charge in [0.15, 0.2) is 0 Å². The van der Waals surface area contributed by atoms with Crippen molar-refractivity contribution in [2.75, 3.05) is 32.8 Å². The van der Waals surface area contributed by atoms with Crippen molar-refractivity contribution >= 4 is 35.0 Å². The molecule has 2 heterocycles. The van der Waals surface area contributed by atoms with E-state index in [1.165, 1.54) is 0 Å². The van der Waals surface area contributed by atoms with Crippen molar-refractivity contribution in [2.24, 2.45) is 5.41 Å². The maximum Gasteiger partial charge on any atom is 0.223 e. The maximum absolute atomic E-state index is 13.4. The second-order valence-electron chi connectivity index (χ2n) is 11.0. The number of hydrogen-bond acceptors (Lipinski definition) is 4. The van der Waals surface area contributed by atoms with Crippen molar-refractivity contribution in [1.82, 2.24) is 9.80 Å². The number of piperidine rings is 2. The summed E-state index contributed by atoms with van der Waals surface area (Å²) >= 11 is 12.3. The lowest BCUT2D eigenvalue weighted by atomic mass is 9.77. The molecule has 1 atom stereocenters. The van der Waals surface area contributed by atoms with Gasteiger partial charge in [0.2, 0.25) is 11.8 Å². The highest BCUT2D eigenvalue weighted by Gasteiger charge is 2.41. The molecule has 2 amide bonds. The highest BCUT2D eigenvalue weighted by molar-refractivity contribution is 6.32. The summed E-state index contributed by atoms with van der Waals surface area (Å²) in [5.41, 5.74) is 2.48. The number of nitrogens with zero attached hydrogens (tertiary/aromatic N) is 2. The Kier molecular flexibility index (Phi) is 9.61. The summed E-state index contributed by atoms with van der Waals surface area (Å²) < 4.78 is 6.32. The first-order valence-corrected chi connectivity index (χ1v) is 14.3. The van der Waals surface area contributed by atoms with Crippen LogP contribution in [0.2, 0.25) is 10.0 Å². The first-order valence-electron chi connectivity index (χ1n) is 13.5. The van der Waals surface area contributed by atoms with Crippen LogP contribution >= 0.6 is 23.2 Å². The van der Waals surface area contributed by atoms with Crippen molar-refractivity contribution < 1.29 is 19.4 Å². The Labute approximate surface area is 235 Å². The minimum atomic E-state index is -0.483. The van der Waals surface area contributed by atoms with E-state index in [0.717, 1.165) is 40.3 Å². The minimum absolute atomic E-state index is 0.0689. The number of aryl methyl sites for hydroxylation is 3. The Morgan fingerprint density at radius 3 is 2.32 bits per heavy atom. The van der Waals surface area contributed by atoms with E-state index in [4.69, 9.17) is 27.9 Å². The third kappa shape index (κ3) is 7.43.